The van der Waals surface area contributed by atoms with E-state index < -0.39 is 0 Å². The summed E-state index contributed by atoms with van der Waals surface area (Å²) in [5.41, 5.74) is 0.987. The molecule has 0 N–H and O–H groups in total. The van der Waals surface area contributed by atoms with Gasteiger partial charge in [-0.2, -0.15) is 0 Å². The number of benzene rings is 1. The second-order valence-electron chi connectivity index (χ2n) is 4.96. The number of methoxy groups -OCH3 is 1. The van der Waals surface area contributed by atoms with E-state index in [0.29, 0.717) is 19.4 Å². The molecule has 0 spiro atoms. The van der Waals surface area contributed by atoms with Crippen LogP contribution < -0.4 is 9.47 Å². The molecule has 0 saturated carbocycles. The van der Waals surface area contributed by atoms with E-state index in [9.17, 15) is 4.79 Å². The van der Waals surface area contributed by atoms with Gasteiger partial charge in [0, 0.05) is 12.8 Å². The second kappa shape index (κ2) is 9.40. The summed E-state index contributed by atoms with van der Waals surface area (Å²) in [7, 11) is 1.64. The zero-order valence-electron chi connectivity index (χ0n) is 12.9. The molecule has 0 radical (unpaired) electrons. The second-order valence-corrected chi connectivity index (χ2v) is 4.96. The van der Waals surface area contributed by atoms with Crippen LogP contribution >= 0.6 is 0 Å². The highest BCUT2D eigenvalue weighted by molar-refractivity contribution is 5.80. The summed E-state index contributed by atoms with van der Waals surface area (Å²) in [6.07, 6.45) is 5.73. The molecule has 0 bridgehead atoms. The molecule has 1 aromatic rings. The molecule has 0 saturated heterocycles. The van der Waals surface area contributed by atoms with Crippen LogP contribution in [0, 0.1) is 0 Å². The SMILES string of the molecule is CCCCCCOc1cc(CC(=O)CC)ccc1OC. The number of rotatable bonds is 10. The Hall–Kier alpha value is -1.51. The number of ketones is 1. The normalized spacial score (nSPS) is 10.3. The van der Waals surface area contributed by atoms with Crippen LogP contribution in [0.5, 0.6) is 11.5 Å². The van der Waals surface area contributed by atoms with E-state index >= 15 is 0 Å². The number of unbranched alkanes of at least 4 members (excludes halogenated alkanes) is 3. The van der Waals surface area contributed by atoms with Gasteiger partial charge in [0.25, 0.3) is 0 Å². The predicted molar refractivity (Wildman–Crippen MR) is 81.6 cm³/mol. The molecule has 3 nitrogen and oxygen atoms in total. The third-order valence-electron chi connectivity index (χ3n) is 3.28. The molecule has 112 valence electrons. The van der Waals surface area contributed by atoms with E-state index in [0.717, 1.165) is 23.5 Å². The zero-order valence-corrected chi connectivity index (χ0v) is 12.9. The molecular weight excluding hydrogens is 252 g/mol. The van der Waals surface area contributed by atoms with Gasteiger partial charge in [0.15, 0.2) is 11.5 Å². The van der Waals surface area contributed by atoms with Gasteiger partial charge in [-0.3, -0.25) is 4.79 Å². The third kappa shape index (κ3) is 5.64. The van der Waals surface area contributed by atoms with E-state index in [2.05, 4.69) is 6.92 Å². The summed E-state index contributed by atoms with van der Waals surface area (Å²) in [5, 5.41) is 0. The number of carbonyl (C=O) groups excluding carboxylic acids is 1. The fourth-order valence-corrected chi connectivity index (χ4v) is 2.01. The van der Waals surface area contributed by atoms with Crippen LogP contribution in [0.3, 0.4) is 0 Å². The molecule has 3 heteroatoms. The zero-order chi connectivity index (χ0) is 14.8. The van der Waals surface area contributed by atoms with Crippen molar-refractivity contribution >= 4 is 5.78 Å². The first-order chi connectivity index (χ1) is 9.71. The molecule has 0 heterocycles. The van der Waals surface area contributed by atoms with Gasteiger partial charge in [0.1, 0.15) is 5.78 Å². The number of ether oxygens (including phenoxy) is 2. The van der Waals surface area contributed by atoms with Crippen LogP contribution in [0.4, 0.5) is 0 Å². The maximum atomic E-state index is 11.5. The van der Waals surface area contributed by atoms with Crippen molar-refractivity contribution < 1.29 is 14.3 Å². The molecule has 0 aliphatic carbocycles. The van der Waals surface area contributed by atoms with Crippen molar-refractivity contribution in [2.24, 2.45) is 0 Å². The Morgan fingerprint density at radius 2 is 1.90 bits per heavy atom. The number of hydrogen-bond donors (Lipinski definition) is 0. The quantitative estimate of drug-likeness (QED) is 0.602. The van der Waals surface area contributed by atoms with Crippen LogP contribution in [0.1, 0.15) is 51.5 Å². The summed E-state index contributed by atoms with van der Waals surface area (Å²) in [6, 6.07) is 5.72. The van der Waals surface area contributed by atoms with Crippen LogP contribution in [-0.4, -0.2) is 19.5 Å². The van der Waals surface area contributed by atoms with Gasteiger partial charge in [-0.15, -0.1) is 0 Å². The Bertz CT molecular complexity index is 413. The average Bonchev–Trinajstić information content (AvgIpc) is 2.47. The number of carbonyl (C=O) groups is 1. The highest BCUT2D eigenvalue weighted by atomic mass is 16.5. The monoisotopic (exact) mass is 278 g/mol. The van der Waals surface area contributed by atoms with Crippen molar-refractivity contribution in [3.05, 3.63) is 23.8 Å². The van der Waals surface area contributed by atoms with Crippen molar-refractivity contribution in [3.8, 4) is 11.5 Å². The van der Waals surface area contributed by atoms with Crippen molar-refractivity contribution in [3.63, 3.8) is 0 Å². The molecule has 0 fully saturated rings. The molecule has 0 atom stereocenters. The fraction of sp³-hybridized carbons (Fsp3) is 0.588. The third-order valence-corrected chi connectivity index (χ3v) is 3.28. The van der Waals surface area contributed by atoms with Crippen LogP contribution in [0.25, 0.3) is 0 Å². The van der Waals surface area contributed by atoms with E-state index in [1.807, 2.05) is 25.1 Å². The standard InChI is InChI=1S/C17H26O3/c1-4-6-7-8-11-20-17-13-14(12-15(18)5-2)9-10-16(17)19-3/h9-10,13H,4-8,11-12H2,1-3H3. The maximum absolute atomic E-state index is 11.5. The Kier molecular flexibility index (Phi) is 7.78. The van der Waals surface area contributed by atoms with E-state index in [-0.39, 0.29) is 5.78 Å². The van der Waals surface area contributed by atoms with Crippen LogP contribution in [-0.2, 0) is 11.2 Å². The molecule has 1 aromatic carbocycles. The Morgan fingerprint density at radius 3 is 2.55 bits per heavy atom. The summed E-state index contributed by atoms with van der Waals surface area (Å²) in [5.74, 6) is 1.71. The van der Waals surface area contributed by atoms with Gasteiger partial charge in [-0.1, -0.05) is 39.2 Å². The molecular formula is C17H26O3. The molecule has 20 heavy (non-hydrogen) atoms. The van der Waals surface area contributed by atoms with Gasteiger partial charge in [0.05, 0.1) is 13.7 Å². The number of hydrogen-bond acceptors (Lipinski definition) is 3. The summed E-state index contributed by atoms with van der Waals surface area (Å²) in [4.78, 5) is 11.5. The minimum Gasteiger partial charge on any atom is -0.493 e. The van der Waals surface area contributed by atoms with E-state index in [1.54, 1.807) is 7.11 Å². The lowest BCUT2D eigenvalue weighted by atomic mass is 10.1. The van der Waals surface area contributed by atoms with E-state index in [4.69, 9.17) is 9.47 Å². The molecule has 0 aliphatic rings. The lowest BCUT2D eigenvalue weighted by molar-refractivity contribution is -0.118. The van der Waals surface area contributed by atoms with Gasteiger partial charge in [-0.05, 0) is 24.1 Å². The van der Waals surface area contributed by atoms with Crippen LogP contribution in [0.2, 0.25) is 0 Å². The van der Waals surface area contributed by atoms with Gasteiger partial charge in [-0.25, -0.2) is 0 Å². The minimum absolute atomic E-state index is 0.240. The molecule has 0 aromatic heterocycles. The lowest BCUT2D eigenvalue weighted by Crippen LogP contribution is -2.03. The van der Waals surface area contributed by atoms with Gasteiger partial charge >= 0.3 is 0 Å². The van der Waals surface area contributed by atoms with Gasteiger partial charge < -0.3 is 9.47 Å². The lowest BCUT2D eigenvalue weighted by Gasteiger charge is -2.12. The first-order valence-electron chi connectivity index (χ1n) is 7.52. The van der Waals surface area contributed by atoms with Crippen LogP contribution in [0.15, 0.2) is 18.2 Å². The molecule has 0 aliphatic heterocycles. The van der Waals surface area contributed by atoms with Crippen molar-refractivity contribution in [2.75, 3.05) is 13.7 Å². The topological polar surface area (TPSA) is 35.5 Å². The van der Waals surface area contributed by atoms with E-state index in [1.165, 1.54) is 19.3 Å². The summed E-state index contributed by atoms with van der Waals surface area (Å²) >= 11 is 0. The molecule has 0 amide bonds. The Morgan fingerprint density at radius 1 is 1.10 bits per heavy atom. The van der Waals surface area contributed by atoms with Gasteiger partial charge in [0.2, 0.25) is 0 Å². The van der Waals surface area contributed by atoms with Crippen molar-refractivity contribution in [2.45, 2.75) is 52.4 Å². The van der Waals surface area contributed by atoms with Crippen molar-refractivity contribution in [1.82, 2.24) is 0 Å². The largest absolute Gasteiger partial charge is 0.493 e. The predicted octanol–water partition coefficient (Wildman–Crippen LogP) is 4.18. The fourth-order valence-electron chi connectivity index (χ4n) is 2.01. The highest BCUT2D eigenvalue weighted by Gasteiger charge is 2.08. The molecule has 1 rings (SSSR count). The summed E-state index contributed by atoms with van der Waals surface area (Å²) < 4.78 is 11.1. The average molecular weight is 278 g/mol. The maximum Gasteiger partial charge on any atom is 0.161 e. The highest BCUT2D eigenvalue weighted by Crippen LogP contribution is 2.28. The minimum atomic E-state index is 0.240. The summed E-state index contributed by atoms with van der Waals surface area (Å²) in [6.45, 7) is 4.77. The molecule has 0 unspecified atom stereocenters. The Labute approximate surface area is 122 Å². The smallest absolute Gasteiger partial charge is 0.161 e. The Balaban J connectivity index is 2.61. The van der Waals surface area contributed by atoms with Crippen molar-refractivity contribution in [1.29, 1.82) is 0 Å². The number of Topliss-reactive ketones (excluding diaryl/α,β-unsaturated/α-hetero) is 1. The first-order valence-corrected chi connectivity index (χ1v) is 7.52. The first kappa shape index (κ1) is 16.5.